The topological polar surface area (TPSA) is 40.9 Å². The van der Waals surface area contributed by atoms with E-state index in [-0.39, 0.29) is 0 Å². The van der Waals surface area contributed by atoms with Gasteiger partial charge in [0.05, 0.1) is 0 Å². The van der Waals surface area contributed by atoms with E-state index in [1.165, 1.54) is 6.26 Å². The van der Waals surface area contributed by atoms with E-state index in [4.69, 9.17) is 11.2 Å². The standard InChI is InChI=1S/C6H11NOS/c1-3-4-5-6-9(2,7)8/h1,7H,4-6H2,2H3. The lowest BCUT2D eigenvalue weighted by Gasteiger charge is -1.94. The van der Waals surface area contributed by atoms with Crippen LogP contribution in [-0.4, -0.2) is 16.2 Å². The first-order valence-electron chi connectivity index (χ1n) is 2.71. The Morgan fingerprint density at radius 2 is 2.33 bits per heavy atom. The molecule has 0 bridgehead atoms. The fourth-order valence-electron chi connectivity index (χ4n) is 0.450. The van der Waals surface area contributed by atoms with Crippen LogP contribution in [0.25, 0.3) is 0 Å². The van der Waals surface area contributed by atoms with Gasteiger partial charge in [-0.15, -0.1) is 12.3 Å². The molecule has 9 heavy (non-hydrogen) atoms. The monoisotopic (exact) mass is 145 g/mol. The van der Waals surface area contributed by atoms with Crippen LogP contribution in [0.2, 0.25) is 0 Å². The molecule has 0 aromatic carbocycles. The van der Waals surface area contributed by atoms with Crippen LogP contribution in [0.4, 0.5) is 0 Å². The first-order chi connectivity index (χ1) is 4.06. The Hall–Kier alpha value is -0.490. The van der Waals surface area contributed by atoms with Gasteiger partial charge in [0.15, 0.2) is 0 Å². The number of rotatable bonds is 3. The number of nitrogens with one attached hydrogen (secondary N) is 1. The molecule has 0 amide bonds. The number of unbranched alkanes of at least 4 members (excludes halogenated alkanes) is 1. The molecule has 1 N–H and O–H groups in total. The lowest BCUT2D eigenvalue weighted by molar-refractivity contribution is 0.676. The Kier molecular flexibility index (Phi) is 3.33. The molecule has 0 aromatic heterocycles. The van der Waals surface area contributed by atoms with Gasteiger partial charge in [0.25, 0.3) is 0 Å². The summed E-state index contributed by atoms with van der Waals surface area (Å²) in [7, 11) is -2.29. The molecule has 0 spiro atoms. The summed E-state index contributed by atoms with van der Waals surface area (Å²) in [5, 5.41) is 0. The van der Waals surface area contributed by atoms with Gasteiger partial charge >= 0.3 is 0 Å². The van der Waals surface area contributed by atoms with Crippen molar-refractivity contribution in [1.82, 2.24) is 0 Å². The Morgan fingerprint density at radius 3 is 2.67 bits per heavy atom. The normalized spacial score (nSPS) is 16.0. The van der Waals surface area contributed by atoms with E-state index in [9.17, 15) is 4.21 Å². The lowest BCUT2D eigenvalue weighted by Crippen LogP contribution is -1.99. The lowest BCUT2D eigenvalue weighted by atomic mass is 10.4. The summed E-state index contributed by atoms with van der Waals surface area (Å²) in [5.41, 5.74) is 0. The highest BCUT2D eigenvalue weighted by molar-refractivity contribution is 7.91. The molecule has 0 heterocycles. The second kappa shape index (κ2) is 3.52. The Bertz CT molecular complexity index is 198. The smallest absolute Gasteiger partial charge is 0.0412 e. The molecule has 0 radical (unpaired) electrons. The third-order valence-electron chi connectivity index (χ3n) is 0.855. The molecule has 1 unspecified atom stereocenters. The van der Waals surface area contributed by atoms with E-state index < -0.39 is 9.73 Å². The SMILES string of the molecule is C#CCCCS(C)(=N)=O. The van der Waals surface area contributed by atoms with Crippen LogP contribution in [0.5, 0.6) is 0 Å². The highest BCUT2D eigenvalue weighted by Gasteiger charge is 1.94. The molecule has 0 aliphatic heterocycles. The quantitative estimate of drug-likeness (QED) is 0.468. The third-order valence-corrected chi connectivity index (χ3v) is 1.92. The zero-order chi connectivity index (χ0) is 7.33. The van der Waals surface area contributed by atoms with E-state index >= 15 is 0 Å². The average Bonchev–Trinajstić information content (AvgIpc) is 1.63. The van der Waals surface area contributed by atoms with Crippen LogP contribution in [0.3, 0.4) is 0 Å². The summed E-state index contributed by atoms with van der Waals surface area (Å²) in [6, 6.07) is 0. The van der Waals surface area contributed by atoms with Crippen molar-refractivity contribution < 1.29 is 4.21 Å². The zero-order valence-corrected chi connectivity index (χ0v) is 6.33. The molecule has 2 nitrogen and oxygen atoms in total. The fraction of sp³-hybridized carbons (Fsp3) is 0.667. The van der Waals surface area contributed by atoms with Crippen LogP contribution < -0.4 is 0 Å². The fourth-order valence-corrected chi connectivity index (χ4v) is 1.14. The predicted octanol–water partition coefficient (Wildman–Crippen LogP) is 1.08. The summed E-state index contributed by atoms with van der Waals surface area (Å²) in [5.74, 6) is 2.86. The van der Waals surface area contributed by atoms with Gasteiger partial charge in [-0.05, 0) is 6.42 Å². The molecule has 3 heteroatoms. The minimum absolute atomic E-state index is 0.428. The van der Waals surface area contributed by atoms with Crippen LogP contribution in [0.15, 0.2) is 0 Å². The Morgan fingerprint density at radius 1 is 1.78 bits per heavy atom. The van der Waals surface area contributed by atoms with Crippen LogP contribution >= 0.6 is 0 Å². The van der Waals surface area contributed by atoms with E-state index in [1.54, 1.807) is 0 Å². The zero-order valence-electron chi connectivity index (χ0n) is 5.52. The average molecular weight is 145 g/mol. The maximum Gasteiger partial charge on any atom is 0.0412 e. The maximum absolute atomic E-state index is 10.7. The van der Waals surface area contributed by atoms with Crippen molar-refractivity contribution in [2.24, 2.45) is 0 Å². The van der Waals surface area contributed by atoms with Gasteiger partial charge in [-0.1, -0.05) is 0 Å². The molecular formula is C6H11NOS. The molecular weight excluding hydrogens is 134 g/mol. The highest BCUT2D eigenvalue weighted by atomic mass is 32.2. The first kappa shape index (κ1) is 8.51. The van der Waals surface area contributed by atoms with Gasteiger partial charge in [-0.2, -0.15) is 0 Å². The van der Waals surface area contributed by atoms with Gasteiger partial charge in [-0.3, -0.25) is 8.99 Å². The largest absolute Gasteiger partial charge is 0.253 e. The first-order valence-corrected chi connectivity index (χ1v) is 4.85. The molecule has 0 aliphatic rings. The summed E-state index contributed by atoms with van der Waals surface area (Å²) in [6.07, 6.45) is 7.72. The van der Waals surface area contributed by atoms with Gasteiger partial charge in [-0.25, -0.2) is 0 Å². The van der Waals surface area contributed by atoms with E-state index in [0.29, 0.717) is 18.6 Å². The highest BCUT2D eigenvalue weighted by Crippen LogP contribution is 1.92. The van der Waals surface area contributed by atoms with Crippen molar-refractivity contribution in [3.05, 3.63) is 0 Å². The molecule has 0 saturated heterocycles. The number of hydrogen-bond acceptors (Lipinski definition) is 2. The number of terminal acetylenes is 1. The third kappa shape index (κ3) is 7.51. The van der Waals surface area contributed by atoms with Crippen molar-refractivity contribution in [3.8, 4) is 12.3 Å². The molecule has 0 fully saturated rings. The molecule has 0 rings (SSSR count). The maximum atomic E-state index is 10.7. The van der Waals surface area contributed by atoms with Crippen molar-refractivity contribution in [2.75, 3.05) is 12.0 Å². The molecule has 0 saturated carbocycles. The summed E-state index contributed by atoms with van der Waals surface area (Å²) in [6.45, 7) is 0. The second-order valence-corrected chi connectivity index (χ2v) is 4.44. The van der Waals surface area contributed by atoms with Crippen molar-refractivity contribution in [2.45, 2.75) is 12.8 Å². The minimum Gasteiger partial charge on any atom is -0.253 e. The van der Waals surface area contributed by atoms with Gasteiger partial charge < -0.3 is 0 Å². The van der Waals surface area contributed by atoms with Gasteiger partial charge in [0.2, 0.25) is 0 Å². The van der Waals surface area contributed by atoms with Crippen molar-refractivity contribution >= 4 is 9.73 Å². The molecule has 1 atom stereocenters. The van der Waals surface area contributed by atoms with Gasteiger partial charge in [0, 0.05) is 28.2 Å². The van der Waals surface area contributed by atoms with E-state index in [1.807, 2.05) is 0 Å². The van der Waals surface area contributed by atoms with Crippen molar-refractivity contribution in [1.29, 1.82) is 4.78 Å². The van der Waals surface area contributed by atoms with E-state index in [0.717, 1.165) is 0 Å². The molecule has 0 aromatic rings. The Balaban J connectivity index is 3.44. The van der Waals surface area contributed by atoms with Crippen LogP contribution in [0, 0.1) is 17.1 Å². The minimum atomic E-state index is -2.29. The molecule has 52 valence electrons. The predicted molar refractivity (Wildman–Crippen MR) is 39.7 cm³/mol. The van der Waals surface area contributed by atoms with Gasteiger partial charge in [0.1, 0.15) is 0 Å². The summed E-state index contributed by atoms with van der Waals surface area (Å²) >= 11 is 0. The van der Waals surface area contributed by atoms with Crippen molar-refractivity contribution in [3.63, 3.8) is 0 Å². The second-order valence-electron chi connectivity index (χ2n) is 2.02. The van der Waals surface area contributed by atoms with E-state index in [2.05, 4.69) is 5.92 Å². The van der Waals surface area contributed by atoms with Crippen LogP contribution in [-0.2, 0) is 9.73 Å². The summed E-state index contributed by atoms with van der Waals surface area (Å²) in [4.78, 5) is 0. The summed E-state index contributed by atoms with van der Waals surface area (Å²) < 4.78 is 17.6. The molecule has 0 aliphatic carbocycles. The Labute approximate surface area is 56.6 Å². The van der Waals surface area contributed by atoms with Crippen LogP contribution in [0.1, 0.15) is 12.8 Å². The number of hydrogen-bond donors (Lipinski definition) is 1.